The zero-order valence-electron chi connectivity index (χ0n) is 14.6. The number of aryl methyl sites for hydroxylation is 1. The highest BCUT2D eigenvalue weighted by Crippen LogP contribution is 2.23. The molecule has 0 fully saturated rings. The van der Waals surface area contributed by atoms with Crippen molar-refractivity contribution in [1.29, 1.82) is 0 Å². The van der Waals surface area contributed by atoms with Crippen LogP contribution in [0.4, 0.5) is 19.3 Å². The number of rotatable bonds is 8. The van der Waals surface area contributed by atoms with Gasteiger partial charge >= 0.3 is 12.6 Å². The number of nitrogens with one attached hydrogen (secondary N) is 1. The Bertz CT molecular complexity index is 714. The number of alkyl halides is 2. The average Bonchev–Trinajstić information content (AvgIpc) is 2.61. The SMILES string of the molecule is COCCN(Cc1ccncc1)C(=O)Nc1ccc(OC(F)F)cc1C. The lowest BCUT2D eigenvalue weighted by Crippen LogP contribution is -2.37. The van der Waals surface area contributed by atoms with Crippen LogP contribution < -0.4 is 10.1 Å². The lowest BCUT2D eigenvalue weighted by Gasteiger charge is -2.23. The van der Waals surface area contributed by atoms with Crippen LogP contribution in [-0.4, -0.2) is 42.8 Å². The number of hydrogen-bond acceptors (Lipinski definition) is 4. The van der Waals surface area contributed by atoms with Gasteiger partial charge in [0.2, 0.25) is 0 Å². The van der Waals surface area contributed by atoms with Crippen LogP contribution in [-0.2, 0) is 11.3 Å². The van der Waals surface area contributed by atoms with Crippen molar-refractivity contribution in [3.05, 3.63) is 53.9 Å². The Balaban J connectivity index is 2.08. The first kappa shape index (κ1) is 19.6. The molecule has 1 aromatic heterocycles. The van der Waals surface area contributed by atoms with Crippen LogP contribution in [0.3, 0.4) is 0 Å². The molecular weight excluding hydrogens is 344 g/mol. The van der Waals surface area contributed by atoms with Crippen LogP contribution >= 0.6 is 0 Å². The van der Waals surface area contributed by atoms with Crippen molar-refractivity contribution in [1.82, 2.24) is 9.88 Å². The maximum Gasteiger partial charge on any atom is 0.387 e. The Morgan fingerprint density at radius 1 is 1.27 bits per heavy atom. The molecule has 1 N–H and O–H groups in total. The highest BCUT2D eigenvalue weighted by Gasteiger charge is 2.15. The number of carbonyl (C=O) groups is 1. The minimum absolute atomic E-state index is 0.0449. The first-order valence-corrected chi connectivity index (χ1v) is 7.99. The fraction of sp³-hybridized carbons (Fsp3) is 0.333. The zero-order valence-corrected chi connectivity index (χ0v) is 14.6. The maximum atomic E-state index is 12.6. The molecule has 0 bridgehead atoms. The largest absolute Gasteiger partial charge is 0.435 e. The third-order valence-electron chi connectivity index (χ3n) is 3.64. The summed E-state index contributed by atoms with van der Waals surface area (Å²) in [6.07, 6.45) is 3.32. The van der Waals surface area contributed by atoms with Crippen molar-refractivity contribution in [3.8, 4) is 5.75 Å². The molecule has 0 radical (unpaired) electrons. The van der Waals surface area contributed by atoms with Crippen LogP contribution in [0.5, 0.6) is 5.75 Å². The molecule has 0 aliphatic rings. The summed E-state index contributed by atoms with van der Waals surface area (Å²) in [5.74, 6) is 0.0449. The van der Waals surface area contributed by atoms with E-state index < -0.39 is 6.61 Å². The summed E-state index contributed by atoms with van der Waals surface area (Å²) in [5, 5.41) is 2.79. The molecule has 0 aliphatic carbocycles. The minimum Gasteiger partial charge on any atom is -0.435 e. The van der Waals surface area contributed by atoms with Gasteiger partial charge in [-0.15, -0.1) is 0 Å². The van der Waals surface area contributed by atoms with E-state index in [1.54, 1.807) is 31.3 Å². The molecular formula is C18H21F2N3O3. The van der Waals surface area contributed by atoms with Crippen molar-refractivity contribution in [2.24, 2.45) is 0 Å². The molecule has 0 unspecified atom stereocenters. The molecule has 8 heteroatoms. The van der Waals surface area contributed by atoms with E-state index in [1.165, 1.54) is 18.2 Å². The number of carbonyl (C=O) groups excluding carboxylic acids is 1. The van der Waals surface area contributed by atoms with Gasteiger partial charge in [-0.2, -0.15) is 8.78 Å². The molecule has 0 saturated heterocycles. The van der Waals surface area contributed by atoms with Gasteiger partial charge in [0.15, 0.2) is 0 Å². The lowest BCUT2D eigenvalue weighted by atomic mass is 10.2. The molecule has 26 heavy (non-hydrogen) atoms. The van der Waals surface area contributed by atoms with Crippen LogP contribution in [0.1, 0.15) is 11.1 Å². The van der Waals surface area contributed by atoms with Gasteiger partial charge < -0.3 is 19.7 Å². The highest BCUT2D eigenvalue weighted by atomic mass is 19.3. The number of anilines is 1. The molecule has 0 saturated carbocycles. The van der Waals surface area contributed by atoms with Gasteiger partial charge in [0, 0.05) is 38.3 Å². The first-order valence-electron chi connectivity index (χ1n) is 7.99. The Labute approximate surface area is 150 Å². The van der Waals surface area contributed by atoms with E-state index >= 15 is 0 Å². The monoisotopic (exact) mass is 365 g/mol. The second-order valence-corrected chi connectivity index (χ2v) is 5.56. The van der Waals surface area contributed by atoms with Gasteiger partial charge in [-0.3, -0.25) is 4.98 Å². The van der Waals surface area contributed by atoms with Crippen LogP contribution in [0.25, 0.3) is 0 Å². The maximum absolute atomic E-state index is 12.6. The van der Waals surface area contributed by atoms with Gasteiger partial charge in [-0.25, -0.2) is 4.79 Å². The Hall–Kier alpha value is -2.74. The van der Waals surface area contributed by atoms with Gasteiger partial charge in [-0.05, 0) is 48.4 Å². The third kappa shape index (κ3) is 5.96. The number of benzene rings is 1. The summed E-state index contributed by atoms with van der Waals surface area (Å²) in [5.41, 5.74) is 2.07. The number of pyridine rings is 1. The average molecular weight is 365 g/mol. The quantitative estimate of drug-likeness (QED) is 0.775. The lowest BCUT2D eigenvalue weighted by molar-refractivity contribution is -0.0498. The number of nitrogens with zero attached hydrogens (tertiary/aromatic N) is 2. The number of hydrogen-bond donors (Lipinski definition) is 1. The highest BCUT2D eigenvalue weighted by molar-refractivity contribution is 5.90. The van der Waals surface area contributed by atoms with Crippen molar-refractivity contribution in [3.63, 3.8) is 0 Å². The molecule has 140 valence electrons. The predicted molar refractivity (Wildman–Crippen MR) is 93.4 cm³/mol. The fourth-order valence-electron chi connectivity index (χ4n) is 2.31. The summed E-state index contributed by atoms with van der Waals surface area (Å²) in [4.78, 5) is 18.2. The van der Waals surface area contributed by atoms with Gasteiger partial charge in [0.05, 0.1) is 6.61 Å². The van der Waals surface area contributed by atoms with Crippen molar-refractivity contribution in [2.45, 2.75) is 20.1 Å². The summed E-state index contributed by atoms with van der Waals surface area (Å²) in [6, 6.07) is 7.71. The molecule has 0 spiro atoms. The van der Waals surface area contributed by atoms with Gasteiger partial charge in [-0.1, -0.05) is 0 Å². The number of amides is 2. The molecule has 0 aliphatic heterocycles. The van der Waals surface area contributed by atoms with Crippen LogP contribution in [0.2, 0.25) is 0 Å². The second-order valence-electron chi connectivity index (χ2n) is 5.56. The Morgan fingerprint density at radius 2 is 2.00 bits per heavy atom. The molecule has 1 aromatic carbocycles. The number of ether oxygens (including phenoxy) is 2. The standard InChI is InChI=1S/C18H21F2N3O3/c1-13-11-15(26-17(19)20)3-4-16(13)22-18(24)23(9-10-25-2)12-14-5-7-21-8-6-14/h3-8,11,17H,9-10,12H2,1-2H3,(H,22,24). The topological polar surface area (TPSA) is 63.7 Å². The molecule has 1 heterocycles. The normalized spacial score (nSPS) is 10.7. The summed E-state index contributed by atoms with van der Waals surface area (Å²) >= 11 is 0. The Kier molecular flexibility index (Phi) is 7.28. The van der Waals surface area contributed by atoms with Crippen molar-refractivity contribution >= 4 is 11.7 Å². The first-order chi connectivity index (χ1) is 12.5. The van der Waals surface area contributed by atoms with Crippen molar-refractivity contribution < 1.29 is 23.0 Å². The molecule has 2 amide bonds. The molecule has 0 atom stereocenters. The van der Waals surface area contributed by atoms with E-state index in [1.807, 2.05) is 12.1 Å². The third-order valence-corrected chi connectivity index (χ3v) is 3.64. The van der Waals surface area contributed by atoms with E-state index in [9.17, 15) is 13.6 Å². The van der Waals surface area contributed by atoms with Crippen LogP contribution in [0, 0.1) is 6.92 Å². The molecule has 2 aromatic rings. The van der Waals surface area contributed by atoms with Crippen LogP contribution in [0.15, 0.2) is 42.7 Å². The van der Waals surface area contributed by atoms with E-state index in [0.717, 1.165) is 5.56 Å². The summed E-state index contributed by atoms with van der Waals surface area (Å²) in [7, 11) is 1.56. The summed E-state index contributed by atoms with van der Waals surface area (Å²) in [6.45, 7) is -0.00563. The number of methoxy groups -OCH3 is 1. The molecule has 2 rings (SSSR count). The zero-order chi connectivity index (χ0) is 18.9. The summed E-state index contributed by atoms with van der Waals surface area (Å²) < 4.78 is 34.0. The van der Waals surface area contributed by atoms with Gasteiger partial charge in [0.25, 0.3) is 0 Å². The van der Waals surface area contributed by atoms with E-state index in [4.69, 9.17) is 4.74 Å². The fourth-order valence-corrected chi connectivity index (χ4v) is 2.31. The predicted octanol–water partition coefficient (Wildman–Crippen LogP) is 3.67. The van der Waals surface area contributed by atoms with E-state index in [0.29, 0.717) is 30.9 Å². The van der Waals surface area contributed by atoms with Gasteiger partial charge in [0.1, 0.15) is 5.75 Å². The Morgan fingerprint density at radius 3 is 2.62 bits per heavy atom. The smallest absolute Gasteiger partial charge is 0.387 e. The second kappa shape index (κ2) is 9.67. The van der Waals surface area contributed by atoms with E-state index in [-0.39, 0.29) is 11.8 Å². The number of aromatic nitrogens is 1. The van der Waals surface area contributed by atoms with E-state index in [2.05, 4.69) is 15.0 Å². The van der Waals surface area contributed by atoms with Crippen molar-refractivity contribution in [2.75, 3.05) is 25.6 Å². The number of halogens is 2. The minimum atomic E-state index is -2.89. The molecule has 6 nitrogen and oxygen atoms in total. The number of urea groups is 1.